The van der Waals surface area contributed by atoms with Crippen LogP contribution in [0.2, 0.25) is 13.1 Å². The SMILES string of the molecule is C[Si]1(C)C(c2ccc3ccccc3c2)=C(c2ccccc2)C(c2ccccc2)=C1c1ccc2ccccc2c1. The van der Waals surface area contributed by atoms with Gasteiger partial charge in [0.1, 0.15) is 8.07 Å². The van der Waals surface area contributed by atoms with Crippen molar-refractivity contribution >= 4 is 51.2 Å². The molecule has 0 fully saturated rings. The van der Waals surface area contributed by atoms with Crippen molar-refractivity contribution in [1.29, 1.82) is 0 Å². The summed E-state index contributed by atoms with van der Waals surface area (Å²) in [6.45, 7) is 5.09. The Hall–Kier alpha value is -4.46. The van der Waals surface area contributed by atoms with Gasteiger partial charge in [-0.2, -0.15) is 0 Å². The van der Waals surface area contributed by atoms with Gasteiger partial charge in [-0.05, 0) is 77.5 Å². The van der Waals surface area contributed by atoms with Crippen LogP contribution in [0.4, 0.5) is 0 Å². The van der Waals surface area contributed by atoms with Crippen LogP contribution in [0, 0.1) is 0 Å². The first-order chi connectivity index (χ1) is 19.1. The highest BCUT2D eigenvalue weighted by atomic mass is 28.3. The second-order valence-electron chi connectivity index (χ2n) is 11.0. The monoisotopic (exact) mass is 514 g/mol. The summed E-state index contributed by atoms with van der Waals surface area (Å²) >= 11 is 0. The maximum Gasteiger partial charge on any atom is 0.115 e. The lowest BCUT2D eigenvalue weighted by atomic mass is 9.89. The van der Waals surface area contributed by atoms with Gasteiger partial charge in [0.15, 0.2) is 0 Å². The van der Waals surface area contributed by atoms with E-state index in [4.69, 9.17) is 0 Å². The minimum atomic E-state index is -2.19. The highest BCUT2D eigenvalue weighted by molar-refractivity contribution is 7.13. The normalized spacial score (nSPS) is 14.9. The van der Waals surface area contributed by atoms with E-state index < -0.39 is 8.07 Å². The summed E-state index contributed by atoms with van der Waals surface area (Å²) in [5.41, 5.74) is 8.03. The Morgan fingerprint density at radius 3 is 1.10 bits per heavy atom. The zero-order chi connectivity index (χ0) is 26.4. The molecule has 0 saturated heterocycles. The average molecular weight is 515 g/mol. The Balaban J connectivity index is 1.59. The molecule has 6 aromatic carbocycles. The van der Waals surface area contributed by atoms with Gasteiger partial charge < -0.3 is 0 Å². The fourth-order valence-corrected chi connectivity index (χ4v) is 10.3. The summed E-state index contributed by atoms with van der Waals surface area (Å²) in [4.78, 5) is 0. The van der Waals surface area contributed by atoms with Gasteiger partial charge in [0, 0.05) is 0 Å². The number of hydrogen-bond donors (Lipinski definition) is 0. The number of fused-ring (bicyclic) bond motifs is 2. The van der Waals surface area contributed by atoms with E-state index in [0.29, 0.717) is 0 Å². The standard InChI is InChI=1S/C38H30Si/c1-39(2)37(33-23-21-27-13-9-11-19-31(27)25-33)35(29-15-5-3-6-16-29)36(30-17-7-4-8-18-30)38(39)34-24-22-28-14-10-12-20-32(28)26-34/h3-26H,1-2H3. The molecule has 0 amide bonds. The van der Waals surface area contributed by atoms with Gasteiger partial charge in [-0.3, -0.25) is 0 Å². The molecule has 0 aromatic heterocycles. The van der Waals surface area contributed by atoms with Crippen LogP contribution >= 0.6 is 0 Å². The van der Waals surface area contributed by atoms with Crippen LogP contribution in [0.15, 0.2) is 146 Å². The lowest BCUT2D eigenvalue weighted by Crippen LogP contribution is -2.28. The van der Waals surface area contributed by atoms with Crippen LogP contribution in [0.3, 0.4) is 0 Å². The molecule has 39 heavy (non-hydrogen) atoms. The Bertz CT molecular complexity index is 1770. The van der Waals surface area contributed by atoms with Crippen LogP contribution in [-0.4, -0.2) is 8.07 Å². The Morgan fingerprint density at radius 2 is 0.692 bits per heavy atom. The molecule has 0 aliphatic carbocycles. The minimum Gasteiger partial charge on any atom is -0.0622 e. The molecule has 0 radical (unpaired) electrons. The fraction of sp³-hybridized carbons (Fsp3) is 0.0526. The lowest BCUT2D eigenvalue weighted by Gasteiger charge is -2.27. The summed E-state index contributed by atoms with van der Waals surface area (Å²) in [5, 5.41) is 8.18. The molecule has 1 heteroatoms. The van der Waals surface area contributed by atoms with E-state index >= 15 is 0 Å². The first kappa shape index (κ1) is 23.6. The predicted octanol–water partition coefficient (Wildman–Crippen LogP) is 10.3. The third kappa shape index (κ3) is 3.98. The smallest absolute Gasteiger partial charge is 0.0622 e. The third-order valence-corrected chi connectivity index (χ3v) is 11.8. The van der Waals surface area contributed by atoms with E-state index in [2.05, 4.69) is 159 Å². The van der Waals surface area contributed by atoms with E-state index in [1.165, 1.54) is 65.3 Å². The number of allylic oxidation sites excluding steroid dienone is 2. The van der Waals surface area contributed by atoms with Crippen LogP contribution in [0.25, 0.3) is 43.1 Å². The molecule has 0 atom stereocenters. The Morgan fingerprint density at radius 1 is 0.333 bits per heavy atom. The van der Waals surface area contributed by atoms with E-state index in [1.807, 2.05) is 0 Å². The van der Waals surface area contributed by atoms with E-state index in [9.17, 15) is 0 Å². The summed E-state index contributed by atoms with van der Waals surface area (Å²) in [6.07, 6.45) is 0. The van der Waals surface area contributed by atoms with Gasteiger partial charge in [0.25, 0.3) is 0 Å². The molecule has 1 aliphatic heterocycles. The number of benzene rings is 6. The number of hydrogen-bond acceptors (Lipinski definition) is 0. The van der Waals surface area contributed by atoms with E-state index in [0.717, 1.165) is 0 Å². The summed E-state index contributed by atoms with van der Waals surface area (Å²) in [5.74, 6) is 0. The molecule has 1 aliphatic rings. The zero-order valence-electron chi connectivity index (χ0n) is 22.4. The highest BCUT2D eigenvalue weighted by Gasteiger charge is 2.43. The van der Waals surface area contributed by atoms with Gasteiger partial charge in [-0.15, -0.1) is 0 Å². The molecule has 0 spiro atoms. The van der Waals surface area contributed by atoms with Crippen molar-refractivity contribution in [3.05, 3.63) is 168 Å². The molecule has 7 rings (SSSR count). The highest BCUT2D eigenvalue weighted by Crippen LogP contribution is 2.55. The molecule has 186 valence electrons. The third-order valence-electron chi connectivity index (χ3n) is 8.20. The van der Waals surface area contributed by atoms with Crippen molar-refractivity contribution in [2.45, 2.75) is 13.1 Å². The molecule has 0 bridgehead atoms. The maximum atomic E-state index is 2.54. The second-order valence-corrected chi connectivity index (χ2v) is 15.2. The Kier molecular flexibility index (Phi) is 5.68. The summed E-state index contributed by atoms with van der Waals surface area (Å²) in [6, 6.07) is 53.6. The first-order valence-electron chi connectivity index (χ1n) is 13.7. The van der Waals surface area contributed by atoms with Gasteiger partial charge in [0.05, 0.1) is 0 Å². The molecule has 1 heterocycles. The second kappa shape index (κ2) is 9.38. The molecule has 6 aromatic rings. The average Bonchev–Trinajstić information content (AvgIpc) is 3.24. The molecular weight excluding hydrogens is 485 g/mol. The molecule has 0 nitrogen and oxygen atoms in total. The van der Waals surface area contributed by atoms with Crippen LogP contribution < -0.4 is 0 Å². The number of rotatable bonds is 4. The Labute approximate surface area is 231 Å². The van der Waals surface area contributed by atoms with Gasteiger partial charge in [0.2, 0.25) is 0 Å². The van der Waals surface area contributed by atoms with Crippen LogP contribution in [0.1, 0.15) is 22.3 Å². The predicted molar refractivity (Wildman–Crippen MR) is 172 cm³/mol. The van der Waals surface area contributed by atoms with E-state index in [-0.39, 0.29) is 0 Å². The van der Waals surface area contributed by atoms with Gasteiger partial charge >= 0.3 is 0 Å². The quantitative estimate of drug-likeness (QED) is 0.205. The van der Waals surface area contributed by atoms with E-state index in [1.54, 1.807) is 0 Å². The van der Waals surface area contributed by atoms with Crippen molar-refractivity contribution in [2.75, 3.05) is 0 Å². The van der Waals surface area contributed by atoms with Gasteiger partial charge in [-0.25, -0.2) is 0 Å². The maximum absolute atomic E-state index is 2.54. The topological polar surface area (TPSA) is 0 Å². The fourth-order valence-electron chi connectivity index (χ4n) is 6.49. The summed E-state index contributed by atoms with van der Waals surface area (Å²) in [7, 11) is -2.19. The molecule has 0 saturated carbocycles. The van der Waals surface area contributed by atoms with Crippen molar-refractivity contribution in [3.8, 4) is 0 Å². The van der Waals surface area contributed by atoms with Gasteiger partial charge in [-0.1, -0.05) is 147 Å². The molecule has 0 N–H and O–H groups in total. The van der Waals surface area contributed by atoms with Crippen molar-refractivity contribution in [2.24, 2.45) is 0 Å². The lowest BCUT2D eigenvalue weighted by molar-refractivity contribution is 1.59. The molecular formula is C38H30Si. The first-order valence-corrected chi connectivity index (χ1v) is 16.7. The largest absolute Gasteiger partial charge is 0.115 e. The molecule has 0 unspecified atom stereocenters. The van der Waals surface area contributed by atoms with Crippen molar-refractivity contribution < 1.29 is 0 Å². The zero-order valence-corrected chi connectivity index (χ0v) is 23.4. The van der Waals surface area contributed by atoms with Crippen molar-refractivity contribution in [1.82, 2.24) is 0 Å². The minimum absolute atomic E-state index is 1.28. The summed E-state index contributed by atoms with van der Waals surface area (Å²) < 4.78 is 0. The van der Waals surface area contributed by atoms with Crippen LogP contribution in [-0.2, 0) is 0 Å². The van der Waals surface area contributed by atoms with Crippen molar-refractivity contribution in [3.63, 3.8) is 0 Å². The van der Waals surface area contributed by atoms with Crippen LogP contribution in [0.5, 0.6) is 0 Å².